The Labute approximate surface area is 151 Å². The van der Waals surface area contributed by atoms with Crippen LogP contribution >= 0.6 is 23.1 Å². The fourth-order valence-corrected chi connectivity index (χ4v) is 6.16. The number of carbonyl (C=O) groups is 1. The summed E-state index contributed by atoms with van der Waals surface area (Å²) in [5.41, 5.74) is 1.44. The smallest absolute Gasteiger partial charge is 0.232 e. The molecule has 2 aliphatic rings. The number of amides is 1. The molecule has 0 saturated heterocycles. The van der Waals surface area contributed by atoms with Gasteiger partial charge in [0.15, 0.2) is 0 Å². The summed E-state index contributed by atoms with van der Waals surface area (Å²) in [6.45, 7) is 0. The number of hydrogen-bond donors (Lipinski definition) is 0. The molecule has 24 heavy (non-hydrogen) atoms. The number of hydrogen-bond acceptors (Lipinski definition) is 5. The molecule has 2 aromatic rings. The maximum Gasteiger partial charge on any atom is 0.232 e. The molecule has 0 spiro atoms. The van der Waals surface area contributed by atoms with Crippen LogP contribution in [-0.2, 0) is 17.6 Å². The van der Waals surface area contributed by atoms with Gasteiger partial charge in [0.1, 0.15) is 16.2 Å². The van der Waals surface area contributed by atoms with Crippen LogP contribution in [0.5, 0.6) is 0 Å². The summed E-state index contributed by atoms with van der Waals surface area (Å²) in [5, 5.41) is 2.21. The van der Waals surface area contributed by atoms with Crippen molar-refractivity contribution in [1.29, 1.82) is 0 Å². The number of nitrogens with zero attached hydrogens (tertiary/aromatic N) is 3. The molecule has 128 valence electrons. The third-order valence-electron chi connectivity index (χ3n) is 5.31. The first-order chi connectivity index (χ1) is 11.7. The zero-order valence-electron chi connectivity index (χ0n) is 14.1. The van der Waals surface area contributed by atoms with Crippen LogP contribution in [0.4, 0.5) is 0 Å². The minimum atomic E-state index is 0.227. The van der Waals surface area contributed by atoms with Gasteiger partial charge in [0.05, 0.1) is 5.75 Å². The summed E-state index contributed by atoms with van der Waals surface area (Å²) in [6.07, 6.45) is 11.3. The molecular weight excluding hydrogens is 338 g/mol. The first kappa shape index (κ1) is 16.3. The summed E-state index contributed by atoms with van der Waals surface area (Å²) in [7, 11) is 1.97. The van der Waals surface area contributed by atoms with E-state index in [4.69, 9.17) is 0 Å². The van der Waals surface area contributed by atoms with Gasteiger partial charge in [0.2, 0.25) is 5.91 Å². The molecular formula is C18H23N3OS2. The van der Waals surface area contributed by atoms with E-state index >= 15 is 0 Å². The molecule has 0 N–H and O–H groups in total. The van der Waals surface area contributed by atoms with Gasteiger partial charge < -0.3 is 4.90 Å². The summed E-state index contributed by atoms with van der Waals surface area (Å²) < 4.78 is 0. The van der Waals surface area contributed by atoms with Gasteiger partial charge in [-0.2, -0.15) is 0 Å². The van der Waals surface area contributed by atoms with Crippen LogP contribution in [0.2, 0.25) is 0 Å². The van der Waals surface area contributed by atoms with Crippen LogP contribution in [-0.4, -0.2) is 39.6 Å². The number of thioether (sulfide) groups is 1. The Bertz CT molecular complexity index is 752. The number of aromatic nitrogens is 2. The van der Waals surface area contributed by atoms with Crippen LogP contribution in [0.3, 0.4) is 0 Å². The molecule has 0 aliphatic heterocycles. The average Bonchev–Trinajstić information content (AvgIpc) is 3.20. The molecule has 2 aromatic heterocycles. The molecule has 4 nitrogen and oxygen atoms in total. The van der Waals surface area contributed by atoms with Crippen molar-refractivity contribution in [2.24, 2.45) is 0 Å². The van der Waals surface area contributed by atoms with Gasteiger partial charge in [-0.05, 0) is 37.7 Å². The van der Waals surface area contributed by atoms with Crippen molar-refractivity contribution in [1.82, 2.24) is 14.9 Å². The molecule has 0 unspecified atom stereocenters. The highest BCUT2D eigenvalue weighted by Crippen LogP contribution is 2.40. The van der Waals surface area contributed by atoms with Gasteiger partial charge in [0, 0.05) is 23.4 Å². The van der Waals surface area contributed by atoms with E-state index in [0.717, 1.165) is 29.1 Å². The third kappa shape index (κ3) is 3.06. The Balaban J connectivity index is 1.47. The van der Waals surface area contributed by atoms with E-state index in [2.05, 4.69) is 9.97 Å². The molecule has 0 bridgehead atoms. The topological polar surface area (TPSA) is 46.1 Å². The molecule has 1 amide bonds. The fourth-order valence-electron chi connectivity index (χ4n) is 3.91. The van der Waals surface area contributed by atoms with Crippen LogP contribution in [0.15, 0.2) is 11.4 Å². The number of carbonyl (C=O) groups excluding carboxylic acids is 1. The molecule has 2 aliphatic carbocycles. The maximum absolute atomic E-state index is 12.6. The Hall–Kier alpha value is -1.14. The van der Waals surface area contributed by atoms with Gasteiger partial charge in [0.25, 0.3) is 0 Å². The van der Waals surface area contributed by atoms with Gasteiger partial charge in [-0.3, -0.25) is 4.79 Å². The largest absolute Gasteiger partial charge is 0.342 e. The summed E-state index contributed by atoms with van der Waals surface area (Å²) in [4.78, 5) is 26.0. The van der Waals surface area contributed by atoms with Gasteiger partial charge in [-0.1, -0.05) is 31.0 Å². The van der Waals surface area contributed by atoms with Crippen molar-refractivity contribution >= 4 is 39.2 Å². The van der Waals surface area contributed by atoms with Gasteiger partial charge >= 0.3 is 0 Å². The molecule has 2 heterocycles. The number of fused-ring (bicyclic) bond motifs is 3. The average molecular weight is 362 g/mol. The van der Waals surface area contributed by atoms with Crippen LogP contribution < -0.4 is 0 Å². The highest BCUT2D eigenvalue weighted by atomic mass is 32.2. The van der Waals surface area contributed by atoms with Crippen LogP contribution in [0.25, 0.3) is 10.2 Å². The zero-order chi connectivity index (χ0) is 16.5. The lowest BCUT2D eigenvalue weighted by atomic mass is 9.94. The van der Waals surface area contributed by atoms with Gasteiger partial charge in [-0.25, -0.2) is 9.97 Å². The van der Waals surface area contributed by atoms with E-state index in [0.29, 0.717) is 11.8 Å². The second-order valence-electron chi connectivity index (χ2n) is 6.80. The number of rotatable bonds is 4. The Morgan fingerprint density at radius 3 is 2.92 bits per heavy atom. The third-order valence-corrected chi connectivity index (χ3v) is 7.49. The van der Waals surface area contributed by atoms with Crippen molar-refractivity contribution in [3.63, 3.8) is 0 Å². The van der Waals surface area contributed by atoms with E-state index in [1.165, 1.54) is 47.9 Å². The lowest BCUT2D eigenvalue weighted by Gasteiger charge is -2.31. The quantitative estimate of drug-likeness (QED) is 0.608. The standard InChI is InChI=1S/C18H23N3OS2/c1-21(12-6-3-2-4-7-12)15(22)10-23-17-16-13-8-5-9-14(13)24-18(16)20-11-19-17/h11-12H,2-10H2,1H3. The fraction of sp³-hybridized carbons (Fsp3) is 0.611. The van der Waals surface area contributed by atoms with Crippen LogP contribution in [0.1, 0.15) is 49.0 Å². The Morgan fingerprint density at radius 2 is 2.08 bits per heavy atom. The highest BCUT2D eigenvalue weighted by Gasteiger charge is 2.24. The second kappa shape index (κ2) is 7.00. The minimum absolute atomic E-state index is 0.227. The summed E-state index contributed by atoms with van der Waals surface area (Å²) >= 11 is 3.39. The predicted octanol–water partition coefficient (Wildman–Crippen LogP) is 4.06. The summed E-state index contributed by atoms with van der Waals surface area (Å²) in [5.74, 6) is 0.703. The highest BCUT2D eigenvalue weighted by molar-refractivity contribution is 8.00. The first-order valence-corrected chi connectivity index (χ1v) is 10.7. The number of aryl methyl sites for hydroxylation is 2. The molecule has 4 rings (SSSR count). The van der Waals surface area contributed by atoms with Crippen molar-refractivity contribution < 1.29 is 4.79 Å². The molecule has 0 aromatic carbocycles. The Morgan fingerprint density at radius 1 is 1.25 bits per heavy atom. The lowest BCUT2D eigenvalue weighted by Crippen LogP contribution is -2.39. The maximum atomic E-state index is 12.6. The molecule has 6 heteroatoms. The van der Waals surface area contributed by atoms with Crippen molar-refractivity contribution in [3.8, 4) is 0 Å². The van der Waals surface area contributed by atoms with Gasteiger partial charge in [-0.15, -0.1) is 11.3 Å². The summed E-state index contributed by atoms with van der Waals surface area (Å²) in [6, 6.07) is 0.433. The first-order valence-electron chi connectivity index (χ1n) is 8.87. The van der Waals surface area contributed by atoms with E-state index in [1.54, 1.807) is 29.4 Å². The normalized spacial score (nSPS) is 18.0. The van der Waals surface area contributed by atoms with E-state index < -0.39 is 0 Å². The molecule has 0 radical (unpaired) electrons. The van der Waals surface area contributed by atoms with Crippen molar-refractivity contribution in [3.05, 3.63) is 16.8 Å². The number of thiophene rings is 1. The van der Waals surface area contributed by atoms with E-state index in [-0.39, 0.29) is 5.91 Å². The second-order valence-corrected chi connectivity index (χ2v) is 8.85. The monoisotopic (exact) mass is 361 g/mol. The molecule has 1 fully saturated rings. The SMILES string of the molecule is CN(C(=O)CSc1ncnc2sc3c(c12)CCC3)C1CCCCC1. The van der Waals surface area contributed by atoms with Crippen molar-refractivity contribution in [2.45, 2.75) is 62.4 Å². The van der Waals surface area contributed by atoms with Crippen LogP contribution in [0, 0.1) is 0 Å². The molecule has 0 atom stereocenters. The van der Waals surface area contributed by atoms with Crippen molar-refractivity contribution in [2.75, 3.05) is 12.8 Å². The minimum Gasteiger partial charge on any atom is -0.342 e. The zero-order valence-corrected chi connectivity index (χ0v) is 15.7. The molecule has 1 saturated carbocycles. The Kier molecular flexibility index (Phi) is 4.77. The van der Waals surface area contributed by atoms with E-state index in [1.807, 2.05) is 11.9 Å². The predicted molar refractivity (Wildman–Crippen MR) is 99.8 cm³/mol. The van der Waals surface area contributed by atoms with E-state index in [9.17, 15) is 4.79 Å². The lowest BCUT2D eigenvalue weighted by molar-refractivity contribution is -0.129.